The van der Waals surface area contributed by atoms with E-state index in [2.05, 4.69) is 10.4 Å². The van der Waals surface area contributed by atoms with Gasteiger partial charge in [-0.2, -0.15) is 5.10 Å². The zero-order valence-corrected chi connectivity index (χ0v) is 9.55. The number of nitrogen functional groups attached to an aromatic ring is 1. The summed E-state index contributed by atoms with van der Waals surface area (Å²) in [5.41, 5.74) is 6.01. The van der Waals surface area contributed by atoms with Gasteiger partial charge in [0.2, 0.25) is 5.91 Å². The average Bonchev–Trinajstić information content (AvgIpc) is 2.62. The number of nitrogens with one attached hydrogen (secondary N) is 1. The molecule has 0 aliphatic carbocycles. The Kier molecular flexibility index (Phi) is 4.30. The lowest BCUT2D eigenvalue weighted by molar-refractivity contribution is -0.122. The number of hydrogen-bond donors (Lipinski definition) is 3. The summed E-state index contributed by atoms with van der Waals surface area (Å²) >= 11 is 0. The van der Waals surface area contributed by atoms with E-state index in [1.165, 1.54) is 10.9 Å². The van der Waals surface area contributed by atoms with Crippen molar-refractivity contribution in [1.29, 1.82) is 0 Å². The van der Waals surface area contributed by atoms with Gasteiger partial charge in [0, 0.05) is 18.8 Å². The van der Waals surface area contributed by atoms with Crippen LogP contribution < -0.4 is 11.1 Å². The molecule has 0 aliphatic heterocycles. The van der Waals surface area contributed by atoms with E-state index in [1.807, 2.05) is 13.8 Å². The minimum Gasteiger partial charge on any atom is -0.396 e. The fourth-order valence-corrected chi connectivity index (χ4v) is 1.21. The second-order valence-corrected chi connectivity index (χ2v) is 3.99. The first kappa shape index (κ1) is 12.5. The molecule has 1 aromatic rings. The number of carbonyl (C=O) groups excluding carboxylic acids is 1. The number of anilines is 1. The van der Waals surface area contributed by atoms with E-state index in [1.54, 1.807) is 6.20 Å². The molecule has 6 heteroatoms. The predicted molar refractivity (Wildman–Crippen MR) is 60.5 cm³/mol. The Morgan fingerprint density at radius 2 is 2.38 bits per heavy atom. The molecule has 0 aliphatic rings. The molecule has 90 valence electrons. The molecule has 0 aromatic carbocycles. The Labute approximate surface area is 94.4 Å². The molecule has 4 N–H and O–H groups in total. The van der Waals surface area contributed by atoms with E-state index in [9.17, 15) is 4.79 Å². The second kappa shape index (κ2) is 5.50. The van der Waals surface area contributed by atoms with Gasteiger partial charge in [-0.05, 0) is 12.8 Å². The minimum atomic E-state index is -0.143. The van der Waals surface area contributed by atoms with Crippen molar-refractivity contribution in [3.8, 4) is 0 Å². The van der Waals surface area contributed by atoms with Crippen molar-refractivity contribution in [3.63, 3.8) is 0 Å². The highest BCUT2D eigenvalue weighted by atomic mass is 16.3. The van der Waals surface area contributed by atoms with Gasteiger partial charge >= 0.3 is 0 Å². The standard InChI is InChI=1S/C10H18N4O2/c1-7(6-15)8(2)13-10(16)5-14-4-9(11)3-12-14/h3-4,7-8,15H,5-6,11H2,1-2H3,(H,13,16). The normalized spacial score (nSPS) is 14.4. The van der Waals surface area contributed by atoms with Crippen molar-refractivity contribution in [2.75, 3.05) is 12.3 Å². The zero-order valence-electron chi connectivity index (χ0n) is 9.55. The molecule has 0 saturated carbocycles. The van der Waals surface area contributed by atoms with Crippen LogP contribution >= 0.6 is 0 Å². The highest BCUT2D eigenvalue weighted by Gasteiger charge is 2.14. The SMILES string of the molecule is CC(CO)C(C)NC(=O)Cn1cc(N)cn1. The van der Waals surface area contributed by atoms with Gasteiger partial charge in [-0.1, -0.05) is 6.92 Å². The Morgan fingerprint density at radius 3 is 2.88 bits per heavy atom. The van der Waals surface area contributed by atoms with Crippen LogP contribution in [-0.4, -0.2) is 33.4 Å². The molecular formula is C10H18N4O2. The van der Waals surface area contributed by atoms with Crippen molar-refractivity contribution in [2.45, 2.75) is 26.4 Å². The fourth-order valence-electron chi connectivity index (χ4n) is 1.21. The maximum atomic E-state index is 11.6. The first-order valence-corrected chi connectivity index (χ1v) is 5.21. The molecule has 0 bridgehead atoms. The average molecular weight is 226 g/mol. The number of amides is 1. The van der Waals surface area contributed by atoms with Crippen LogP contribution in [0.2, 0.25) is 0 Å². The number of rotatable bonds is 5. The number of aliphatic hydroxyl groups excluding tert-OH is 1. The minimum absolute atomic E-state index is 0.0339. The van der Waals surface area contributed by atoms with Crippen molar-refractivity contribution in [2.24, 2.45) is 5.92 Å². The lowest BCUT2D eigenvalue weighted by Crippen LogP contribution is -2.40. The van der Waals surface area contributed by atoms with E-state index < -0.39 is 0 Å². The Bertz CT molecular complexity index is 350. The van der Waals surface area contributed by atoms with Gasteiger partial charge in [0.15, 0.2) is 0 Å². The van der Waals surface area contributed by atoms with E-state index in [-0.39, 0.29) is 31.0 Å². The van der Waals surface area contributed by atoms with E-state index in [0.717, 1.165) is 0 Å². The van der Waals surface area contributed by atoms with Gasteiger partial charge in [0.05, 0.1) is 11.9 Å². The smallest absolute Gasteiger partial charge is 0.241 e. The molecule has 1 rings (SSSR count). The molecule has 1 aromatic heterocycles. The number of carbonyl (C=O) groups is 1. The van der Waals surface area contributed by atoms with Crippen LogP contribution in [0.15, 0.2) is 12.4 Å². The highest BCUT2D eigenvalue weighted by molar-refractivity contribution is 5.76. The van der Waals surface area contributed by atoms with Crippen molar-refractivity contribution >= 4 is 11.6 Å². The van der Waals surface area contributed by atoms with Gasteiger partial charge in [-0.3, -0.25) is 9.48 Å². The summed E-state index contributed by atoms with van der Waals surface area (Å²) in [5.74, 6) is -0.109. The van der Waals surface area contributed by atoms with E-state index in [4.69, 9.17) is 10.8 Å². The van der Waals surface area contributed by atoms with Crippen molar-refractivity contribution < 1.29 is 9.90 Å². The molecule has 1 amide bonds. The number of aliphatic hydroxyl groups is 1. The van der Waals surface area contributed by atoms with Crippen LogP contribution in [-0.2, 0) is 11.3 Å². The molecule has 2 atom stereocenters. The van der Waals surface area contributed by atoms with Crippen LogP contribution in [0.25, 0.3) is 0 Å². The summed E-state index contributed by atoms with van der Waals surface area (Å²) in [6, 6.07) is -0.0644. The third-order valence-corrected chi connectivity index (χ3v) is 2.49. The molecule has 16 heavy (non-hydrogen) atoms. The Balaban J connectivity index is 2.42. The monoisotopic (exact) mass is 226 g/mol. The number of nitrogens with two attached hydrogens (primary N) is 1. The third-order valence-electron chi connectivity index (χ3n) is 2.49. The molecule has 2 unspecified atom stereocenters. The highest BCUT2D eigenvalue weighted by Crippen LogP contribution is 2.01. The summed E-state index contributed by atoms with van der Waals surface area (Å²) in [4.78, 5) is 11.6. The van der Waals surface area contributed by atoms with E-state index in [0.29, 0.717) is 5.69 Å². The molecule has 6 nitrogen and oxygen atoms in total. The van der Waals surface area contributed by atoms with Gasteiger partial charge < -0.3 is 16.2 Å². The van der Waals surface area contributed by atoms with Crippen molar-refractivity contribution in [1.82, 2.24) is 15.1 Å². The maximum absolute atomic E-state index is 11.6. The molecule has 1 heterocycles. The van der Waals surface area contributed by atoms with Crippen molar-refractivity contribution in [3.05, 3.63) is 12.4 Å². The van der Waals surface area contributed by atoms with Gasteiger partial charge in [0.25, 0.3) is 0 Å². The molecule has 0 spiro atoms. The predicted octanol–water partition coefficient (Wildman–Crippen LogP) is -0.402. The number of aromatic nitrogens is 2. The van der Waals surface area contributed by atoms with Gasteiger partial charge in [-0.25, -0.2) is 0 Å². The molecule has 0 saturated heterocycles. The van der Waals surface area contributed by atoms with Gasteiger partial charge in [0.1, 0.15) is 6.54 Å². The molecule has 0 fully saturated rings. The quantitative estimate of drug-likeness (QED) is 0.636. The lowest BCUT2D eigenvalue weighted by Gasteiger charge is -2.19. The first-order chi connectivity index (χ1) is 7.52. The Morgan fingerprint density at radius 1 is 1.69 bits per heavy atom. The van der Waals surface area contributed by atoms with Crippen LogP contribution in [0.4, 0.5) is 5.69 Å². The third kappa shape index (κ3) is 3.54. The number of nitrogens with zero attached hydrogens (tertiary/aromatic N) is 2. The fraction of sp³-hybridized carbons (Fsp3) is 0.600. The van der Waals surface area contributed by atoms with Crippen LogP contribution in [0.1, 0.15) is 13.8 Å². The molecule has 0 radical (unpaired) electrons. The summed E-state index contributed by atoms with van der Waals surface area (Å²) in [7, 11) is 0. The summed E-state index contributed by atoms with van der Waals surface area (Å²) < 4.78 is 1.47. The zero-order chi connectivity index (χ0) is 12.1. The first-order valence-electron chi connectivity index (χ1n) is 5.21. The summed E-state index contributed by atoms with van der Waals surface area (Å²) in [5, 5.41) is 15.6. The number of hydrogen-bond acceptors (Lipinski definition) is 4. The lowest BCUT2D eigenvalue weighted by atomic mass is 10.1. The largest absolute Gasteiger partial charge is 0.396 e. The Hall–Kier alpha value is -1.56. The van der Waals surface area contributed by atoms with Crippen LogP contribution in [0.5, 0.6) is 0 Å². The van der Waals surface area contributed by atoms with E-state index >= 15 is 0 Å². The van der Waals surface area contributed by atoms with Gasteiger partial charge in [-0.15, -0.1) is 0 Å². The summed E-state index contributed by atoms with van der Waals surface area (Å²) in [6.45, 7) is 3.92. The van der Waals surface area contributed by atoms with Crippen LogP contribution in [0, 0.1) is 5.92 Å². The van der Waals surface area contributed by atoms with Crippen LogP contribution in [0.3, 0.4) is 0 Å². The second-order valence-electron chi connectivity index (χ2n) is 3.99. The summed E-state index contributed by atoms with van der Waals surface area (Å²) in [6.07, 6.45) is 3.09. The maximum Gasteiger partial charge on any atom is 0.241 e. The topological polar surface area (TPSA) is 93.2 Å². The molecular weight excluding hydrogens is 208 g/mol.